The van der Waals surface area contributed by atoms with Crippen molar-refractivity contribution in [3.63, 3.8) is 0 Å². The fourth-order valence-electron chi connectivity index (χ4n) is 3.07. The monoisotopic (exact) mass is 382 g/mol. The summed E-state index contributed by atoms with van der Waals surface area (Å²) < 4.78 is 5.38. The summed E-state index contributed by atoms with van der Waals surface area (Å²) in [6.07, 6.45) is 1.53. The van der Waals surface area contributed by atoms with Crippen molar-refractivity contribution in [3.05, 3.63) is 65.3 Å². The van der Waals surface area contributed by atoms with Gasteiger partial charge >= 0.3 is 0 Å². The van der Waals surface area contributed by atoms with Crippen molar-refractivity contribution in [2.45, 2.75) is 0 Å². The van der Waals surface area contributed by atoms with Crippen molar-refractivity contribution in [1.29, 1.82) is 0 Å². The second-order valence-electron chi connectivity index (χ2n) is 6.27. The van der Waals surface area contributed by atoms with Crippen molar-refractivity contribution in [2.75, 3.05) is 36.5 Å². The van der Waals surface area contributed by atoms with Crippen LogP contribution >= 0.6 is 11.6 Å². The Labute approximate surface area is 162 Å². The van der Waals surface area contributed by atoms with Gasteiger partial charge < -0.3 is 15.0 Å². The van der Waals surface area contributed by atoms with Gasteiger partial charge in [0.25, 0.3) is 5.91 Å². The van der Waals surface area contributed by atoms with Crippen LogP contribution in [-0.2, 0) is 4.74 Å². The molecule has 1 amide bonds. The number of nitrogens with zero attached hydrogens (tertiary/aromatic N) is 2. The summed E-state index contributed by atoms with van der Waals surface area (Å²) in [5.74, 6) is -0.215. The second kappa shape index (κ2) is 7.82. The van der Waals surface area contributed by atoms with Crippen LogP contribution in [0.15, 0.2) is 54.7 Å². The molecule has 2 aromatic carbocycles. The lowest BCUT2D eigenvalue weighted by atomic mass is 10.1. The van der Waals surface area contributed by atoms with Crippen LogP contribution in [0.2, 0.25) is 5.02 Å². The smallest absolute Gasteiger partial charge is 0.259 e. The zero-order chi connectivity index (χ0) is 18.6. The molecular weight excluding hydrogens is 364 g/mol. The Morgan fingerprint density at radius 1 is 1.07 bits per heavy atom. The number of nitrogens with one attached hydrogen (secondary N) is 2. The summed E-state index contributed by atoms with van der Waals surface area (Å²) >= 11 is 5.94. The fraction of sp³-hybridized carbons (Fsp3) is 0.200. The number of aromatic amines is 1. The van der Waals surface area contributed by atoms with Crippen LogP contribution < -0.4 is 10.2 Å². The van der Waals surface area contributed by atoms with Crippen LogP contribution in [0.4, 0.5) is 11.4 Å². The number of hydrogen-bond donors (Lipinski definition) is 2. The third-order valence-electron chi connectivity index (χ3n) is 4.52. The van der Waals surface area contributed by atoms with Gasteiger partial charge in [-0.05, 0) is 36.4 Å². The second-order valence-corrected chi connectivity index (χ2v) is 6.70. The van der Waals surface area contributed by atoms with Gasteiger partial charge in [-0.15, -0.1) is 0 Å². The van der Waals surface area contributed by atoms with Crippen LogP contribution in [0, 0.1) is 0 Å². The highest BCUT2D eigenvalue weighted by Gasteiger charge is 2.16. The van der Waals surface area contributed by atoms with E-state index in [9.17, 15) is 4.79 Å². The quantitative estimate of drug-likeness (QED) is 0.719. The Bertz CT molecular complexity index is 916. The summed E-state index contributed by atoms with van der Waals surface area (Å²) in [5.41, 5.74) is 3.86. The van der Waals surface area contributed by atoms with Gasteiger partial charge in [0.2, 0.25) is 0 Å². The SMILES string of the molecule is O=C(Nc1ccc(N2CCOCC2)cc1)c1cn[nH]c1-c1ccc(Cl)cc1. The standard InChI is InChI=1S/C20H19ClN4O2/c21-15-3-1-14(2-4-15)19-18(13-22-24-19)20(26)23-16-5-7-17(8-6-16)25-9-11-27-12-10-25/h1-8,13H,9-12H2,(H,22,24)(H,23,26). The minimum absolute atomic E-state index is 0.215. The number of morpholine rings is 1. The highest BCUT2D eigenvalue weighted by Crippen LogP contribution is 2.24. The number of hydrogen-bond acceptors (Lipinski definition) is 4. The molecule has 0 aliphatic carbocycles. The van der Waals surface area contributed by atoms with Crippen LogP contribution in [0.3, 0.4) is 0 Å². The van der Waals surface area contributed by atoms with Crippen LogP contribution in [-0.4, -0.2) is 42.4 Å². The molecule has 2 heterocycles. The molecule has 1 saturated heterocycles. The zero-order valence-electron chi connectivity index (χ0n) is 14.6. The minimum atomic E-state index is -0.215. The van der Waals surface area contributed by atoms with Gasteiger partial charge in [-0.3, -0.25) is 9.89 Å². The fourth-order valence-corrected chi connectivity index (χ4v) is 3.20. The summed E-state index contributed by atoms with van der Waals surface area (Å²) in [6.45, 7) is 3.25. The maximum atomic E-state index is 12.7. The van der Waals surface area contributed by atoms with E-state index >= 15 is 0 Å². The number of anilines is 2. The molecule has 7 heteroatoms. The Balaban J connectivity index is 1.48. The van der Waals surface area contributed by atoms with Gasteiger partial charge in [-0.2, -0.15) is 5.10 Å². The molecule has 0 spiro atoms. The zero-order valence-corrected chi connectivity index (χ0v) is 15.4. The molecular formula is C20H19ClN4O2. The molecule has 1 aliphatic heterocycles. The van der Waals surface area contributed by atoms with Gasteiger partial charge in [-0.1, -0.05) is 23.7 Å². The molecule has 27 heavy (non-hydrogen) atoms. The first-order valence-corrected chi connectivity index (χ1v) is 9.12. The van der Waals surface area contributed by atoms with E-state index in [1.54, 1.807) is 12.1 Å². The molecule has 1 fully saturated rings. The number of carbonyl (C=O) groups is 1. The predicted molar refractivity (Wildman–Crippen MR) is 106 cm³/mol. The van der Waals surface area contributed by atoms with Crippen molar-refractivity contribution in [3.8, 4) is 11.3 Å². The number of ether oxygens (including phenoxy) is 1. The number of aromatic nitrogens is 2. The molecule has 138 valence electrons. The van der Waals surface area contributed by atoms with E-state index in [0.29, 0.717) is 16.3 Å². The molecule has 1 aromatic heterocycles. The molecule has 6 nitrogen and oxygen atoms in total. The van der Waals surface area contributed by atoms with E-state index in [-0.39, 0.29) is 5.91 Å². The summed E-state index contributed by atoms with van der Waals surface area (Å²) in [7, 11) is 0. The molecule has 0 atom stereocenters. The van der Waals surface area contributed by atoms with Gasteiger partial charge in [0.05, 0.1) is 30.7 Å². The number of benzene rings is 2. The third-order valence-corrected chi connectivity index (χ3v) is 4.77. The lowest BCUT2D eigenvalue weighted by Gasteiger charge is -2.28. The largest absolute Gasteiger partial charge is 0.378 e. The normalized spacial score (nSPS) is 14.2. The summed E-state index contributed by atoms with van der Waals surface area (Å²) in [6, 6.07) is 15.1. The molecule has 0 radical (unpaired) electrons. The Kier molecular flexibility index (Phi) is 5.09. The molecule has 0 bridgehead atoms. The summed E-state index contributed by atoms with van der Waals surface area (Å²) in [4.78, 5) is 15.0. The molecule has 2 N–H and O–H groups in total. The molecule has 4 rings (SSSR count). The van der Waals surface area contributed by atoms with Gasteiger partial charge in [0.1, 0.15) is 0 Å². The maximum absolute atomic E-state index is 12.7. The highest BCUT2D eigenvalue weighted by molar-refractivity contribution is 6.30. The van der Waals surface area contributed by atoms with Crippen molar-refractivity contribution in [1.82, 2.24) is 10.2 Å². The lowest BCUT2D eigenvalue weighted by Crippen LogP contribution is -2.36. The van der Waals surface area contributed by atoms with Gasteiger partial charge in [0, 0.05) is 35.1 Å². The van der Waals surface area contributed by atoms with E-state index in [2.05, 4.69) is 20.4 Å². The Morgan fingerprint density at radius 2 is 1.78 bits per heavy atom. The Hall–Kier alpha value is -2.83. The summed E-state index contributed by atoms with van der Waals surface area (Å²) in [5, 5.41) is 10.5. The Morgan fingerprint density at radius 3 is 2.48 bits per heavy atom. The molecule has 1 aliphatic rings. The van der Waals surface area contributed by atoms with E-state index in [1.807, 2.05) is 36.4 Å². The molecule has 0 saturated carbocycles. The molecule has 0 unspecified atom stereocenters. The maximum Gasteiger partial charge on any atom is 0.259 e. The lowest BCUT2D eigenvalue weighted by molar-refractivity contribution is 0.102. The predicted octanol–water partition coefficient (Wildman–Crippen LogP) is 3.82. The van der Waals surface area contributed by atoms with Gasteiger partial charge in [-0.25, -0.2) is 0 Å². The van der Waals surface area contributed by atoms with Crippen LogP contribution in [0.1, 0.15) is 10.4 Å². The minimum Gasteiger partial charge on any atom is -0.378 e. The van der Waals surface area contributed by atoms with Crippen molar-refractivity contribution >= 4 is 28.9 Å². The first kappa shape index (κ1) is 17.6. The number of amides is 1. The number of halogens is 1. The van der Waals surface area contributed by atoms with E-state index < -0.39 is 0 Å². The van der Waals surface area contributed by atoms with Crippen molar-refractivity contribution < 1.29 is 9.53 Å². The number of H-pyrrole nitrogens is 1. The first-order valence-electron chi connectivity index (χ1n) is 8.74. The van der Waals surface area contributed by atoms with E-state index in [1.165, 1.54) is 6.20 Å². The van der Waals surface area contributed by atoms with Crippen LogP contribution in [0.5, 0.6) is 0 Å². The van der Waals surface area contributed by atoms with Gasteiger partial charge in [0.15, 0.2) is 0 Å². The first-order chi connectivity index (χ1) is 13.2. The highest BCUT2D eigenvalue weighted by atomic mass is 35.5. The van der Waals surface area contributed by atoms with E-state index in [4.69, 9.17) is 16.3 Å². The molecule has 3 aromatic rings. The topological polar surface area (TPSA) is 70.2 Å². The third kappa shape index (κ3) is 3.97. The van der Waals surface area contributed by atoms with E-state index in [0.717, 1.165) is 43.2 Å². The van der Waals surface area contributed by atoms with Crippen molar-refractivity contribution in [2.24, 2.45) is 0 Å². The number of carbonyl (C=O) groups excluding carboxylic acids is 1. The number of rotatable bonds is 4. The average Bonchev–Trinajstić information content (AvgIpc) is 3.20. The van der Waals surface area contributed by atoms with Crippen LogP contribution in [0.25, 0.3) is 11.3 Å². The average molecular weight is 383 g/mol.